The molecule has 0 spiro atoms. The van der Waals surface area contributed by atoms with Crippen LogP contribution >= 0.6 is 31.9 Å². The molecule has 1 amide bonds. The van der Waals surface area contributed by atoms with E-state index in [1.54, 1.807) is 24.6 Å². The molecule has 8 heteroatoms. The van der Waals surface area contributed by atoms with Gasteiger partial charge in [0, 0.05) is 20.7 Å². The van der Waals surface area contributed by atoms with Crippen LogP contribution in [0.3, 0.4) is 0 Å². The molecule has 0 aliphatic carbocycles. The summed E-state index contributed by atoms with van der Waals surface area (Å²) in [5, 5.41) is 4.04. The minimum Gasteiger partial charge on any atom is -0.496 e. The number of hydrazone groups is 1. The van der Waals surface area contributed by atoms with Crippen LogP contribution in [-0.4, -0.2) is 28.6 Å². The Bertz CT molecular complexity index is 982. The third-order valence-electron chi connectivity index (χ3n) is 3.53. The monoisotopic (exact) mass is 464 g/mol. The van der Waals surface area contributed by atoms with Crippen LogP contribution in [0, 0.1) is 6.92 Å². The molecule has 3 aromatic rings. The van der Waals surface area contributed by atoms with Gasteiger partial charge in [-0.05, 0) is 53.2 Å². The first-order valence-corrected chi connectivity index (χ1v) is 8.89. The summed E-state index contributed by atoms with van der Waals surface area (Å²) in [7, 11) is 1.58. The summed E-state index contributed by atoms with van der Waals surface area (Å²) < 4.78 is 8.75. The summed E-state index contributed by atoms with van der Waals surface area (Å²) >= 11 is 6.80. The van der Waals surface area contributed by atoms with E-state index >= 15 is 0 Å². The number of hydrogen-bond acceptors (Lipinski definition) is 4. The molecule has 0 atom stereocenters. The molecule has 1 aromatic carbocycles. The van der Waals surface area contributed by atoms with Crippen molar-refractivity contribution in [1.82, 2.24) is 14.8 Å². The van der Waals surface area contributed by atoms with Gasteiger partial charge in [0.25, 0.3) is 5.91 Å². The number of benzene rings is 1. The van der Waals surface area contributed by atoms with E-state index in [9.17, 15) is 4.79 Å². The highest BCUT2D eigenvalue weighted by atomic mass is 79.9. The highest BCUT2D eigenvalue weighted by Gasteiger charge is 2.16. The molecule has 6 nitrogen and oxygen atoms in total. The number of carbonyl (C=O) groups excluding carboxylic acids is 1. The second kappa shape index (κ2) is 7.37. The van der Waals surface area contributed by atoms with E-state index in [0.29, 0.717) is 22.8 Å². The number of rotatable bonds is 4. The van der Waals surface area contributed by atoms with Crippen LogP contribution in [0.25, 0.3) is 5.65 Å². The van der Waals surface area contributed by atoms with Gasteiger partial charge in [0.15, 0.2) is 0 Å². The number of aromatic nitrogens is 2. The Kier molecular flexibility index (Phi) is 5.19. The highest BCUT2D eigenvalue weighted by Crippen LogP contribution is 2.21. The van der Waals surface area contributed by atoms with Crippen LogP contribution in [0.2, 0.25) is 0 Å². The molecule has 0 fully saturated rings. The second-order valence-electron chi connectivity index (χ2n) is 5.21. The van der Waals surface area contributed by atoms with Crippen molar-refractivity contribution in [3.05, 3.63) is 62.4 Å². The SMILES string of the molecule is COc1ccc(Br)cc1/C=N\NC(=O)c1c(C)nc2ccc(Br)cn12. The lowest BCUT2D eigenvalue weighted by molar-refractivity contribution is 0.0948. The third kappa shape index (κ3) is 3.74. The molecular weight excluding hydrogens is 452 g/mol. The molecule has 1 N–H and O–H groups in total. The summed E-state index contributed by atoms with van der Waals surface area (Å²) in [6.45, 7) is 1.79. The molecule has 128 valence electrons. The van der Waals surface area contributed by atoms with E-state index in [1.807, 2.05) is 30.3 Å². The minimum atomic E-state index is -0.340. The smallest absolute Gasteiger partial charge is 0.290 e. The van der Waals surface area contributed by atoms with Crippen LogP contribution in [-0.2, 0) is 0 Å². The Labute approximate surface area is 161 Å². The lowest BCUT2D eigenvalue weighted by Gasteiger charge is -2.05. The number of imidazole rings is 1. The molecule has 0 bridgehead atoms. The number of nitrogens with one attached hydrogen (secondary N) is 1. The fraction of sp³-hybridized carbons (Fsp3) is 0.118. The van der Waals surface area contributed by atoms with Crippen LogP contribution < -0.4 is 10.2 Å². The summed E-state index contributed by atoms with van der Waals surface area (Å²) in [6, 6.07) is 9.25. The zero-order valence-corrected chi connectivity index (χ0v) is 16.6. The predicted octanol–water partition coefficient (Wildman–Crippen LogP) is 3.94. The predicted molar refractivity (Wildman–Crippen MR) is 103 cm³/mol. The quantitative estimate of drug-likeness (QED) is 0.468. The molecule has 0 saturated carbocycles. The first kappa shape index (κ1) is 17.6. The Hall–Kier alpha value is -2.19. The maximum atomic E-state index is 12.5. The van der Waals surface area contributed by atoms with E-state index in [4.69, 9.17) is 4.74 Å². The van der Waals surface area contributed by atoms with Crippen molar-refractivity contribution in [2.24, 2.45) is 5.10 Å². The van der Waals surface area contributed by atoms with Gasteiger partial charge in [-0.15, -0.1) is 0 Å². The Balaban J connectivity index is 1.85. The number of ether oxygens (including phenoxy) is 1. The van der Waals surface area contributed by atoms with Gasteiger partial charge in [0.1, 0.15) is 17.1 Å². The third-order valence-corrected chi connectivity index (χ3v) is 4.50. The number of amides is 1. The maximum absolute atomic E-state index is 12.5. The van der Waals surface area contributed by atoms with Crippen molar-refractivity contribution in [2.45, 2.75) is 6.92 Å². The van der Waals surface area contributed by atoms with Gasteiger partial charge in [0.05, 0.1) is 19.0 Å². The largest absolute Gasteiger partial charge is 0.496 e. The fourth-order valence-corrected chi connectivity index (χ4v) is 3.15. The van der Waals surface area contributed by atoms with Crippen molar-refractivity contribution in [3.63, 3.8) is 0 Å². The number of nitrogens with zero attached hydrogens (tertiary/aromatic N) is 3. The van der Waals surface area contributed by atoms with E-state index in [0.717, 1.165) is 14.5 Å². The molecule has 0 saturated heterocycles. The molecule has 2 aromatic heterocycles. The molecule has 3 rings (SSSR count). The first-order chi connectivity index (χ1) is 12.0. The molecule has 2 heterocycles. The Morgan fingerprint density at radius 3 is 2.80 bits per heavy atom. The van der Waals surface area contributed by atoms with Crippen molar-refractivity contribution in [1.29, 1.82) is 0 Å². The van der Waals surface area contributed by atoms with E-state index in [2.05, 4.69) is 47.4 Å². The highest BCUT2D eigenvalue weighted by molar-refractivity contribution is 9.10. The van der Waals surface area contributed by atoms with Crippen molar-refractivity contribution < 1.29 is 9.53 Å². The summed E-state index contributed by atoms with van der Waals surface area (Å²) in [5.74, 6) is 0.324. The lowest BCUT2D eigenvalue weighted by Crippen LogP contribution is -2.20. The van der Waals surface area contributed by atoms with Gasteiger partial charge in [-0.3, -0.25) is 9.20 Å². The number of fused-ring (bicyclic) bond motifs is 1. The van der Waals surface area contributed by atoms with Gasteiger partial charge >= 0.3 is 0 Å². The van der Waals surface area contributed by atoms with E-state index < -0.39 is 0 Å². The van der Waals surface area contributed by atoms with Crippen molar-refractivity contribution in [3.8, 4) is 5.75 Å². The fourth-order valence-electron chi connectivity index (χ4n) is 2.43. The summed E-state index contributed by atoms with van der Waals surface area (Å²) in [6.07, 6.45) is 3.33. The van der Waals surface area contributed by atoms with Crippen LogP contribution in [0.15, 0.2) is 50.6 Å². The summed E-state index contributed by atoms with van der Waals surface area (Å²) in [5.41, 5.74) is 5.05. The molecule has 0 aliphatic rings. The Morgan fingerprint density at radius 2 is 2.04 bits per heavy atom. The molecule has 0 radical (unpaired) electrons. The van der Waals surface area contributed by atoms with Crippen molar-refractivity contribution in [2.75, 3.05) is 7.11 Å². The number of carbonyl (C=O) groups is 1. The zero-order chi connectivity index (χ0) is 18.0. The lowest BCUT2D eigenvalue weighted by atomic mass is 10.2. The summed E-state index contributed by atoms with van der Waals surface area (Å²) in [4.78, 5) is 16.9. The van der Waals surface area contributed by atoms with Gasteiger partial charge in [-0.1, -0.05) is 15.9 Å². The first-order valence-electron chi connectivity index (χ1n) is 7.30. The topological polar surface area (TPSA) is 68.0 Å². The average molecular weight is 466 g/mol. The number of pyridine rings is 1. The standard InChI is InChI=1S/C17H14Br2N4O2/c1-10-16(23-9-13(19)4-6-15(23)21-10)17(24)22-20-8-11-7-12(18)3-5-14(11)25-2/h3-9H,1-2H3,(H,22,24)/b20-8-. The van der Waals surface area contributed by atoms with E-state index in [-0.39, 0.29) is 5.91 Å². The number of halogens is 2. The molecule has 25 heavy (non-hydrogen) atoms. The van der Waals surface area contributed by atoms with Crippen molar-refractivity contribution >= 4 is 49.6 Å². The molecular formula is C17H14Br2N4O2. The van der Waals surface area contributed by atoms with Gasteiger partial charge < -0.3 is 4.74 Å². The second-order valence-corrected chi connectivity index (χ2v) is 7.04. The maximum Gasteiger partial charge on any atom is 0.290 e. The van der Waals surface area contributed by atoms with Crippen LogP contribution in [0.4, 0.5) is 0 Å². The van der Waals surface area contributed by atoms with Gasteiger partial charge in [-0.25, -0.2) is 10.4 Å². The molecule has 0 aliphatic heterocycles. The minimum absolute atomic E-state index is 0.340. The number of aryl methyl sites for hydroxylation is 1. The normalized spacial score (nSPS) is 11.2. The number of methoxy groups -OCH3 is 1. The Morgan fingerprint density at radius 1 is 1.28 bits per heavy atom. The van der Waals surface area contributed by atoms with Gasteiger partial charge in [0.2, 0.25) is 0 Å². The number of hydrogen-bond donors (Lipinski definition) is 1. The van der Waals surface area contributed by atoms with E-state index in [1.165, 1.54) is 6.21 Å². The molecule has 0 unspecified atom stereocenters. The van der Waals surface area contributed by atoms with Crippen LogP contribution in [0.5, 0.6) is 5.75 Å². The zero-order valence-electron chi connectivity index (χ0n) is 13.5. The average Bonchev–Trinajstić information content (AvgIpc) is 2.90. The van der Waals surface area contributed by atoms with Crippen LogP contribution in [0.1, 0.15) is 21.7 Å². The van der Waals surface area contributed by atoms with Gasteiger partial charge in [-0.2, -0.15) is 5.10 Å².